The number of fused-ring (bicyclic) bond motifs is 1. The molecule has 2 N–H and O–H groups in total. The number of benzene rings is 3. The first kappa shape index (κ1) is 23.5. The second-order valence-electron chi connectivity index (χ2n) is 9.46. The largest absolute Gasteiger partial charge is 0.371 e. The van der Waals surface area contributed by atoms with Crippen LogP contribution in [0.1, 0.15) is 46.0 Å². The van der Waals surface area contributed by atoms with Gasteiger partial charge in [0.15, 0.2) is 0 Å². The molecule has 6 nitrogen and oxygen atoms in total. The fraction of sp³-hybridized carbons (Fsp3) is 0.233. The molecule has 0 bridgehead atoms. The van der Waals surface area contributed by atoms with Crippen molar-refractivity contribution in [3.8, 4) is 0 Å². The summed E-state index contributed by atoms with van der Waals surface area (Å²) in [6.45, 7) is 4.47. The maximum absolute atomic E-state index is 13.3. The van der Waals surface area contributed by atoms with Gasteiger partial charge >= 0.3 is 0 Å². The van der Waals surface area contributed by atoms with E-state index >= 15 is 0 Å². The summed E-state index contributed by atoms with van der Waals surface area (Å²) >= 11 is 0. The molecule has 1 aliphatic heterocycles. The Morgan fingerprint density at radius 3 is 2.50 bits per heavy atom. The zero-order valence-corrected chi connectivity index (χ0v) is 20.4. The summed E-state index contributed by atoms with van der Waals surface area (Å²) in [5.74, 6) is 0.306. The maximum atomic E-state index is 13.3. The quantitative estimate of drug-likeness (QED) is 0.375. The highest BCUT2D eigenvalue weighted by Crippen LogP contribution is 2.29. The smallest absolute Gasteiger partial charge is 0.255 e. The molecular formula is C30H30N4O2. The van der Waals surface area contributed by atoms with Gasteiger partial charge in [0.2, 0.25) is 0 Å². The first-order valence-corrected chi connectivity index (χ1v) is 12.4. The summed E-state index contributed by atoms with van der Waals surface area (Å²) in [6.07, 6.45) is 5.64. The second-order valence-corrected chi connectivity index (χ2v) is 9.46. The summed E-state index contributed by atoms with van der Waals surface area (Å²) < 4.78 is 0. The Balaban J connectivity index is 1.39. The number of pyridine rings is 1. The molecule has 36 heavy (non-hydrogen) atoms. The van der Waals surface area contributed by atoms with Crippen LogP contribution in [0.4, 0.5) is 11.4 Å². The van der Waals surface area contributed by atoms with Crippen LogP contribution < -0.4 is 15.5 Å². The minimum atomic E-state index is -0.206. The maximum Gasteiger partial charge on any atom is 0.255 e. The van der Waals surface area contributed by atoms with Gasteiger partial charge in [0, 0.05) is 49.0 Å². The normalized spacial score (nSPS) is 14.0. The molecule has 6 heteroatoms. The number of carbonyl (C=O) groups is 2. The van der Waals surface area contributed by atoms with Gasteiger partial charge in [-0.1, -0.05) is 43.3 Å². The van der Waals surface area contributed by atoms with Crippen LogP contribution in [0.25, 0.3) is 10.8 Å². The van der Waals surface area contributed by atoms with Crippen molar-refractivity contribution >= 4 is 34.0 Å². The Morgan fingerprint density at radius 1 is 0.917 bits per heavy atom. The van der Waals surface area contributed by atoms with Crippen molar-refractivity contribution in [1.82, 2.24) is 10.3 Å². The van der Waals surface area contributed by atoms with Crippen molar-refractivity contribution in [2.24, 2.45) is 5.92 Å². The van der Waals surface area contributed by atoms with Gasteiger partial charge in [0.25, 0.3) is 11.8 Å². The van der Waals surface area contributed by atoms with Crippen LogP contribution in [0.2, 0.25) is 0 Å². The van der Waals surface area contributed by atoms with Crippen LogP contribution in [0, 0.1) is 5.92 Å². The fourth-order valence-corrected chi connectivity index (χ4v) is 4.63. The van der Waals surface area contributed by atoms with Gasteiger partial charge in [-0.2, -0.15) is 0 Å². The van der Waals surface area contributed by atoms with Crippen LogP contribution in [0.5, 0.6) is 0 Å². The van der Waals surface area contributed by atoms with E-state index in [9.17, 15) is 9.59 Å². The molecule has 1 fully saturated rings. The lowest BCUT2D eigenvalue weighted by Crippen LogP contribution is -2.35. The van der Waals surface area contributed by atoms with Crippen LogP contribution in [0.3, 0.4) is 0 Å². The minimum Gasteiger partial charge on any atom is -0.371 e. The number of amides is 2. The number of rotatable bonds is 6. The van der Waals surface area contributed by atoms with Gasteiger partial charge < -0.3 is 15.5 Å². The van der Waals surface area contributed by atoms with E-state index in [1.807, 2.05) is 66.7 Å². The topological polar surface area (TPSA) is 74.3 Å². The lowest BCUT2D eigenvalue weighted by atomic mass is 9.97. The number of hydrogen-bond donors (Lipinski definition) is 2. The lowest BCUT2D eigenvalue weighted by molar-refractivity contribution is 0.0950. The Morgan fingerprint density at radius 2 is 1.72 bits per heavy atom. The first-order valence-electron chi connectivity index (χ1n) is 12.4. The number of aromatic nitrogens is 1. The van der Waals surface area contributed by atoms with Crippen molar-refractivity contribution in [2.75, 3.05) is 23.3 Å². The highest BCUT2D eigenvalue weighted by Gasteiger charge is 2.22. The SMILES string of the molecule is CC1CCN(c2ccc(NC(=O)c3ccc4ccccc4c3)cc2C(=O)NCc2cccnc2)CC1. The average Bonchev–Trinajstić information content (AvgIpc) is 2.92. The van der Waals surface area contributed by atoms with Crippen LogP contribution in [0.15, 0.2) is 85.2 Å². The minimum absolute atomic E-state index is 0.172. The Labute approximate surface area is 211 Å². The van der Waals surface area contributed by atoms with Gasteiger partial charge in [-0.3, -0.25) is 14.6 Å². The van der Waals surface area contributed by atoms with E-state index in [1.165, 1.54) is 0 Å². The highest BCUT2D eigenvalue weighted by atomic mass is 16.2. The predicted octanol–water partition coefficient (Wildman–Crippen LogP) is 5.65. The van der Waals surface area contributed by atoms with E-state index in [4.69, 9.17) is 0 Å². The van der Waals surface area contributed by atoms with Crippen LogP contribution in [-0.4, -0.2) is 29.9 Å². The van der Waals surface area contributed by atoms with E-state index < -0.39 is 0 Å². The molecule has 3 aromatic carbocycles. The summed E-state index contributed by atoms with van der Waals surface area (Å²) in [5.41, 5.74) is 3.55. The molecule has 182 valence electrons. The molecule has 4 aromatic rings. The Kier molecular flexibility index (Phi) is 6.94. The van der Waals surface area contributed by atoms with E-state index in [0.29, 0.717) is 29.3 Å². The molecule has 1 aromatic heterocycles. The third-order valence-electron chi connectivity index (χ3n) is 6.81. The van der Waals surface area contributed by atoms with E-state index in [0.717, 1.165) is 48.0 Å². The summed E-state index contributed by atoms with van der Waals surface area (Å²) in [7, 11) is 0. The molecule has 0 aliphatic carbocycles. The molecule has 1 aliphatic rings. The number of carbonyl (C=O) groups excluding carboxylic acids is 2. The van der Waals surface area contributed by atoms with Crippen molar-refractivity contribution in [3.63, 3.8) is 0 Å². The molecule has 2 amide bonds. The zero-order chi connectivity index (χ0) is 24.9. The number of piperidine rings is 1. The van der Waals surface area contributed by atoms with E-state index in [1.54, 1.807) is 18.5 Å². The number of nitrogens with zero attached hydrogens (tertiary/aromatic N) is 2. The van der Waals surface area contributed by atoms with Gasteiger partial charge in [0.05, 0.1) is 5.56 Å². The molecule has 5 rings (SSSR count). The summed E-state index contributed by atoms with van der Waals surface area (Å²) in [6, 6.07) is 23.0. The van der Waals surface area contributed by atoms with Crippen LogP contribution >= 0.6 is 0 Å². The monoisotopic (exact) mass is 478 g/mol. The second kappa shape index (κ2) is 10.6. The standard InChI is InChI=1S/C30H30N4O2/c1-21-12-15-34(16-13-21)28-11-10-26(18-27(28)30(36)32-20-22-5-4-14-31-19-22)33-29(35)25-9-8-23-6-2-3-7-24(23)17-25/h2-11,14,17-19,21H,12-13,15-16,20H2,1H3,(H,32,36)(H,33,35). The molecule has 0 atom stereocenters. The molecule has 0 saturated carbocycles. The zero-order valence-electron chi connectivity index (χ0n) is 20.4. The Bertz CT molecular complexity index is 1380. The summed E-state index contributed by atoms with van der Waals surface area (Å²) in [4.78, 5) is 32.8. The van der Waals surface area contributed by atoms with Gasteiger partial charge in [-0.25, -0.2) is 0 Å². The summed E-state index contributed by atoms with van der Waals surface area (Å²) in [5, 5.41) is 8.09. The molecule has 1 saturated heterocycles. The molecular weight excluding hydrogens is 448 g/mol. The van der Waals surface area contributed by atoms with Crippen molar-refractivity contribution in [1.29, 1.82) is 0 Å². The molecule has 2 heterocycles. The lowest BCUT2D eigenvalue weighted by Gasteiger charge is -2.33. The first-order chi connectivity index (χ1) is 17.6. The molecule has 0 radical (unpaired) electrons. The molecule has 0 unspecified atom stereocenters. The van der Waals surface area contributed by atoms with Gasteiger partial charge in [-0.15, -0.1) is 0 Å². The number of hydrogen-bond acceptors (Lipinski definition) is 4. The number of anilines is 2. The van der Waals surface area contributed by atoms with Crippen molar-refractivity contribution < 1.29 is 9.59 Å². The van der Waals surface area contributed by atoms with E-state index in [-0.39, 0.29) is 11.8 Å². The van der Waals surface area contributed by atoms with Gasteiger partial charge in [-0.05, 0) is 71.5 Å². The van der Waals surface area contributed by atoms with Crippen molar-refractivity contribution in [2.45, 2.75) is 26.3 Å². The molecule has 0 spiro atoms. The van der Waals surface area contributed by atoms with Crippen LogP contribution in [-0.2, 0) is 6.54 Å². The predicted molar refractivity (Wildman–Crippen MR) is 144 cm³/mol. The van der Waals surface area contributed by atoms with Gasteiger partial charge in [0.1, 0.15) is 0 Å². The third kappa shape index (κ3) is 5.38. The third-order valence-corrected chi connectivity index (χ3v) is 6.81. The Hall–Kier alpha value is -4.19. The number of nitrogens with one attached hydrogen (secondary N) is 2. The average molecular weight is 479 g/mol. The van der Waals surface area contributed by atoms with Crippen molar-refractivity contribution in [3.05, 3.63) is 102 Å². The van der Waals surface area contributed by atoms with E-state index in [2.05, 4.69) is 27.4 Å². The highest BCUT2D eigenvalue weighted by molar-refractivity contribution is 6.08. The fourth-order valence-electron chi connectivity index (χ4n) is 4.63.